The highest BCUT2D eigenvalue weighted by atomic mass is 32.2. The minimum Gasteiger partial charge on any atom is -0.275 e. The highest BCUT2D eigenvalue weighted by molar-refractivity contribution is 8.01. The molecule has 0 saturated carbocycles. The van der Waals surface area contributed by atoms with Crippen LogP contribution in [0.4, 0.5) is 0 Å². The minimum atomic E-state index is -0.0497. The van der Waals surface area contributed by atoms with Crippen LogP contribution in [-0.2, 0) is 6.42 Å². The Hall–Kier alpha value is -1.54. The van der Waals surface area contributed by atoms with Gasteiger partial charge in [-0.25, -0.2) is 0 Å². The number of hydrogen-bond donors (Lipinski definition) is 0. The topological polar surface area (TPSA) is 12.4 Å². The van der Waals surface area contributed by atoms with E-state index in [2.05, 4.69) is 74.5 Å². The molecule has 1 aliphatic heterocycles. The molecular weight excluding hydrogens is 262 g/mol. The third-order valence-corrected chi connectivity index (χ3v) is 5.23. The van der Waals surface area contributed by atoms with Crippen molar-refractivity contribution in [2.45, 2.75) is 30.4 Å². The Labute approximate surface area is 125 Å². The summed E-state index contributed by atoms with van der Waals surface area (Å²) in [6.45, 7) is 4.40. The summed E-state index contributed by atoms with van der Waals surface area (Å²) in [7, 11) is 0. The first kappa shape index (κ1) is 13.4. The molecule has 0 bridgehead atoms. The molecular formula is C18H19NS. The first-order valence-electron chi connectivity index (χ1n) is 6.99. The Morgan fingerprint density at radius 2 is 1.60 bits per heavy atom. The Bertz CT molecular complexity index is 606. The number of thioether (sulfide) groups is 1. The summed E-state index contributed by atoms with van der Waals surface area (Å²) in [5.74, 6) is 0. The van der Waals surface area contributed by atoms with Gasteiger partial charge in [0.2, 0.25) is 0 Å². The van der Waals surface area contributed by atoms with Crippen LogP contribution in [0.5, 0.6) is 0 Å². The number of hydrogen-bond acceptors (Lipinski definition) is 2. The SMILES string of the molecule is CC1=N[C@@](C)(Cc2ccccc2)S[C@@H]1c1ccccc1. The molecule has 0 aliphatic carbocycles. The number of nitrogens with zero attached hydrogens (tertiary/aromatic N) is 1. The van der Waals surface area contributed by atoms with Crippen LogP contribution in [0.2, 0.25) is 0 Å². The van der Waals surface area contributed by atoms with Gasteiger partial charge in [0, 0.05) is 12.1 Å². The first-order valence-corrected chi connectivity index (χ1v) is 7.87. The second-order valence-electron chi connectivity index (χ2n) is 5.50. The highest BCUT2D eigenvalue weighted by Crippen LogP contribution is 2.48. The Morgan fingerprint density at radius 1 is 1.00 bits per heavy atom. The van der Waals surface area contributed by atoms with Crippen molar-refractivity contribution >= 4 is 17.5 Å². The number of benzene rings is 2. The predicted molar refractivity (Wildman–Crippen MR) is 88.4 cm³/mol. The molecule has 0 unspecified atom stereocenters. The zero-order chi connectivity index (χ0) is 14.0. The quantitative estimate of drug-likeness (QED) is 0.780. The molecule has 20 heavy (non-hydrogen) atoms. The van der Waals surface area contributed by atoms with E-state index in [0.29, 0.717) is 5.25 Å². The molecule has 0 saturated heterocycles. The van der Waals surface area contributed by atoms with Crippen LogP contribution in [0.1, 0.15) is 30.2 Å². The van der Waals surface area contributed by atoms with E-state index in [4.69, 9.17) is 4.99 Å². The van der Waals surface area contributed by atoms with Crippen LogP contribution >= 0.6 is 11.8 Å². The standard InChI is InChI=1S/C18H19NS/c1-14-17(16-11-7-4-8-12-16)20-18(2,19-14)13-15-9-5-3-6-10-15/h3-12,17H,13H2,1-2H3/t17-,18+/m0/s1. The van der Waals surface area contributed by atoms with Crippen molar-refractivity contribution in [2.24, 2.45) is 4.99 Å². The van der Waals surface area contributed by atoms with Gasteiger partial charge in [-0.2, -0.15) is 0 Å². The van der Waals surface area contributed by atoms with Gasteiger partial charge in [0.05, 0.1) is 5.25 Å². The lowest BCUT2D eigenvalue weighted by Gasteiger charge is -2.22. The fraction of sp³-hybridized carbons (Fsp3) is 0.278. The monoisotopic (exact) mass is 281 g/mol. The van der Waals surface area contributed by atoms with E-state index < -0.39 is 0 Å². The van der Waals surface area contributed by atoms with E-state index in [0.717, 1.165) is 6.42 Å². The fourth-order valence-electron chi connectivity index (χ4n) is 2.79. The fourth-order valence-corrected chi connectivity index (χ4v) is 4.26. The predicted octanol–water partition coefficient (Wildman–Crippen LogP) is 4.89. The average molecular weight is 281 g/mol. The maximum Gasteiger partial charge on any atom is 0.108 e. The van der Waals surface area contributed by atoms with Crippen LogP contribution < -0.4 is 0 Å². The van der Waals surface area contributed by atoms with Gasteiger partial charge >= 0.3 is 0 Å². The molecule has 0 radical (unpaired) electrons. The lowest BCUT2D eigenvalue weighted by molar-refractivity contribution is 0.684. The van der Waals surface area contributed by atoms with Gasteiger partial charge < -0.3 is 0 Å². The molecule has 2 aromatic carbocycles. The first-order chi connectivity index (χ1) is 9.66. The van der Waals surface area contributed by atoms with Gasteiger partial charge in [-0.15, -0.1) is 11.8 Å². The lowest BCUT2D eigenvalue weighted by Crippen LogP contribution is -2.17. The van der Waals surface area contributed by atoms with Gasteiger partial charge in [0.1, 0.15) is 4.87 Å². The van der Waals surface area contributed by atoms with Crippen molar-refractivity contribution in [3.63, 3.8) is 0 Å². The summed E-state index contributed by atoms with van der Waals surface area (Å²) in [4.78, 5) is 4.90. The van der Waals surface area contributed by atoms with Gasteiger partial charge in [0.15, 0.2) is 0 Å². The van der Waals surface area contributed by atoms with Crippen LogP contribution in [0.3, 0.4) is 0 Å². The molecule has 2 heteroatoms. The van der Waals surface area contributed by atoms with Crippen molar-refractivity contribution in [1.82, 2.24) is 0 Å². The summed E-state index contributed by atoms with van der Waals surface area (Å²) >= 11 is 1.97. The second-order valence-corrected chi connectivity index (χ2v) is 7.09. The van der Waals surface area contributed by atoms with Crippen LogP contribution in [0, 0.1) is 0 Å². The van der Waals surface area contributed by atoms with Crippen LogP contribution in [0.25, 0.3) is 0 Å². The zero-order valence-electron chi connectivity index (χ0n) is 11.9. The Morgan fingerprint density at radius 3 is 2.25 bits per heavy atom. The number of aliphatic imine (C=N–C) groups is 1. The smallest absolute Gasteiger partial charge is 0.108 e. The van der Waals surface area contributed by atoms with Gasteiger partial charge in [-0.05, 0) is 25.0 Å². The Kier molecular flexibility index (Phi) is 3.66. The van der Waals surface area contributed by atoms with Gasteiger partial charge in [-0.3, -0.25) is 4.99 Å². The maximum absolute atomic E-state index is 4.95. The normalized spacial score (nSPS) is 25.5. The lowest BCUT2D eigenvalue weighted by atomic mass is 10.1. The highest BCUT2D eigenvalue weighted by Gasteiger charge is 2.36. The summed E-state index contributed by atoms with van der Waals surface area (Å²) in [5.41, 5.74) is 3.95. The van der Waals surface area contributed by atoms with Crippen molar-refractivity contribution in [3.8, 4) is 0 Å². The van der Waals surface area contributed by atoms with E-state index in [1.807, 2.05) is 11.8 Å². The molecule has 0 amide bonds. The summed E-state index contributed by atoms with van der Waals surface area (Å²) in [6.07, 6.45) is 0.985. The van der Waals surface area contributed by atoms with E-state index in [9.17, 15) is 0 Å². The van der Waals surface area contributed by atoms with Crippen molar-refractivity contribution in [1.29, 1.82) is 0 Å². The van der Waals surface area contributed by atoms with E-state index in [-0.39, 0.29) is 4.87 Å². The third-order valence-electron chi connectivity index (χ3n) is 3.64. The number of rotatable bonds is 3. The Balaban J connectivity index is 1.81. The minimum absolute atomic E-state index is 0.0497. The van der Waals surface area contributed by atoms with Crippen molar-refractivity contribution in [3.05, 3.63) is 71.8 Å². The maximum atomic E-state index is 4.95. The molecule has 2 aromatic rings. The third kappa shape index (κ3) is 2.80. The molecule has 1 heterocycles. The van der Waals surface area contributed by atoms with Crippen LogP contribution in [-0.4, -0.2) is 10.6 Å². The van der Waals surface area contributed by atoms with Gasteiger partial charge in [0.25, 0.3) is 0 Å². The largest absolute Gasteiger partial charge is 0.275 e. The summed E-state index contributed by atoms with van der Waals surface area (Å²) < 4.78 is 0. The molecule has 102 valence electrons. The van der Waals surface area contributed by atoms with E-state index >= 15 is 0 Å². The molecule has 0 N–H and O–H groups in total. The molecule has 0 fully saturated rings. The zero-order valence-corrected chi connectivity index (χ0v) is 12.7. The van der Waals surface area contributed by atoms with E-state index in [1.54, 1.807) is 0 Å². The summed E-state index contributed by atoms with van der Waals surface area (Å²) in [5, 5.41) is 0.393. The average Bonchev–Trinajstić information content (AvgIpc) is 2.76. The van der Waals surface area contributed by atoms with Gasteiger partial charge in [-0.1, -0.05) is 60.7 Å². The van der Waals surface area contributed by atoms with Crippen molar-refractivity contribution in [2.75, 3.05) is 0 Å². The molecule has 0 aromatic heterocycles. The van der Waals surface area contributed by atoms with Crippen LogP contribution in [0.15, 0.2) is 65.7 Å². The molecule has 0 spiro atoms. The molecule has 1 nitrogen and oxygen atoms in total. The second kappa shape index (κ2) is 5.45. The van der Waals surface area contributed by atoms with E-state index in [1.165, 1.54) is 16.8 Å². The molecule has 2 atom stereocenters. The van der Waals surface area contributed by atoms with Crippen molar-refractivity contribution < 1.29 is 0 Å². The molecule has 3 rings (SSSR count). The summed E-state index contributed by atoms with van der Waals surface area (Å²) in [6, 6.07) is 21.3. The molecule has 1 aliphatic rings.